The van der Waals surface area contributed by atoms with Crippen LogP contribution in [0.2, 0.25) is 5.02 Å². The van der Waals surface area contributed by atoms with Crippen molar-refractivity contribution in [1.29, 1.82) is 0 Å². The molecule has 6 saturated heterocycles. The second-order valence-electron chi connectivity index (χ2n) is 23.1. The molecular formula is C61H65ClF2N11O9+. The Morgan fingerprint density at radius 1 is 0.940 bits per heavy atom. The number of amides is 2. The van der Waals surface area contributed by atoms with Crippen LogP contribution in [0.1, 0.15) is 56.9 Å². The lowest BCUT2D eigenvalue weighted by Gasteiger charge is -2.40. The summed E-state index contributed by atoms with van der Waals surface area (Å²) in [6.45, 7) is 3.85. The Kier molecular flexibility index (Phi) is 15.4. The van der Waals surface area contributed by atoms with Gasteiger partial charge in [0.05, 0.1) is 60.7 Å². The van der Waals surface area contributed by atoms with Crippen LogP contribution in [0.15, 0.2) is 66.9 Å². The summed E-state index contributed by atoms with van der Waals surface area (Å²) >= 11 is 6.64. The highest BCUT2D eigenvalue weighted by molar-refractivity contribution is 6.33. The van der Waals surface area contributed by atoms with E-state index in [1.807, 2.05) is 31.3 Å². The Balaban J connectivity index is 0.537. The number of fused-ring (bicyclic) bond motifs is 5. The van der Waals surface area contributed by atoms with Gasteiger partial charge in [-0.25, -0.2) is 18.6 Å². The van der Waals surface area contributed by atoms with Gasteiger partial charge >= 0.3 is 12.1 Å². The molecule has 23 heteroatoms. The van der Waals surface area contributed by atoms with E-state index >= 15 is 8.78 Å². The van der Waals surface area contributed by atoms with E-state index in [1.165, 1.54) is 12.5 Å². The molecule has 0 bridgehead atoms. The van der Waals surface area contributed by atoms with Crippen LogP contribution in [-0.4, -0.2) is 185 Å². The van der Waals surface area contributed by atoms with Gasteiger partial charge in [-0.1, -0.05) is 54.6 Å². The number of hydrogen-bond donors (Lipinski definition) is 4. The van der Waals surface area contributed by atoms with Gasteiger partial charge in [-0.15, -0.1) is 11.4 Å². The van der Waals surface area contributed by atoms with Gasteiger partial charge in [0.15, 0.2) is 17.6 Å². The highest BCUT2D eigenvalue weighted by atomic mass is 35.5. The van der Waals surface area contributed by atoms with E-state index in [-0.39, 0.29) is 79.4 Å². The van der Waals surface area contributed by atoms with Crippen LogP contribution in [0.5, 0.6) is 17.8 Å². The van der Waals surface area contributed by atoms with Crippen LogP contribution in [0, 0.1) is 24.0 Å². The number of terminal acetylenes is 1. The topological polar surface area (TPSA) is 220 Å². The molecule has 13 rings (SSSR count). The second kappa shape index (κ2) is 23.2. The number of rotatable bonds is 20. The van der Waals surface area contributed by atoms with Crippen molar-refractivity contribution in [2.75, 3.05) is 73.2 Å². The maximum atomic E-state index is 17.2. The number of carbonyl (C=O) groups is 2. The molecule has 0 aliphatic carbocycles. The molecule has 3 aromatic carbocycles. The van der Waals surface area contributed by atoms with Gasteiger partial charge in [0.2, 0.25) is 11.7 Å². The normalized spacial score (nSPS) is 26.7. The van der Waals surface area contributed by atoms with E-state index in [0.29, 0.717) is 117 Å². The molecule has 0 radical (unpaired) electrons. The van der Waals surface area contributed by atoms with Crippen molar-refractivity contribution in [1.82, 2.24) is 54.8 Å². The zero-order chi connectivity index (χ0) is 57.8. The molecule has 5 unspecified atom stereocenters. The monoisotopic (exact) mass is 1170 g/mol. The predicted octanol–water partition coefficient (Wildman–Crippen LogP) is 7.09. The lowest BCUT2D eigenvalue weighted by molar-refractivity contribution is -0.121. The first-order valence-corrected chi connectivity index (χ1v) is 29.3. The van der Waals surface area contributed by atoms with Crippen LogP contribution < -0.4 is 29.3 Å². The van der Waals surface area contributed by atoms with Gasteiger partial charge in [0, 0.05) is 60.7 Å². The molecule has 11 atom stereocenters. The zero-order valence-corrected chi connectivity index (χ0v) is 47.3. The number of unbranched alkanes of at least 4 members (excludes halogenated alkanes) is 3. The van der Waals surface area contributed by atoms with E-state index in [4.69, 9.17) is 56.4 Å². The number of carbonyl (C=O) groups excluding carboxylic acids is 2. The van der Waals surface area contributed by atoms with Crippen LogP contribution >= 0.6 is 11.6 Å². The number of alkyl carbamates (subject to hydrolysis) is 1. The van der Waals surface area contributed by atoms with Crippen LogP contribution in [0.3, 0.4) is 0 Å². The van der Waals surface area contributed by atoms with Gasteiger partial charge in [-0.3, -0.25) is 24.1 Å². The smallest absolute Gasteiger partial charge is 0.407 e. The van der Waals surface area contributed by atoms with Gasteiger partial charge in [0.25, 0.3) is 6.01 Å². The number of quaternary nitrogens is 1. The number of nitrogens with one attached hydrogen (secondary N) is 3. The molecule has 4 N–H and O–H groups in total. The third-order valence-electron chi connectivity index (χ3n) is 17.5. The van der Waals surface area contributed by atoms with Crippen molar-refractivity contribution in [3.05, 3.63) is 89.1 Å². The SMILES string of the molecule is C#Cc1c(F)ccc2cccc(-c3ncc4c([N+]5(C)CC6CCC7C(C5)N67)nc(OC[C@@H]5C[C@@H](OC(=O)NCCCCCCC(=O)NCCOc6ccc(-c7nc8nc(O[C@@H]9CO[C@H]%10[C@@H]9OC[C@H]%10O)[nH]c8cc7Cl)cc6)CN5C)nc4c3F)c12. The fourth-order valence-electron chi connectivity index (χ4n) is 13.3. The first kappa shape index (κ1) is 55.8. The molecule has 6 fully saturated rings. The van der Waals surface area contributed by atoms with Crippen molar-refractivity contribution in [2.45, 2.75) is 106 Å². The van der Waals surface area contributed by atoms with E-state index in [0.717, 1.165) is 44.3 Å². The maximum Gasteiger partial charge on any atom is 0.407 e. The lowest BCUT2D eigenvalue weighted by Crippen LogP contribution is -2.58. The summed E-state index contributed by atoms with van der Waals surface area (Å²) < 4.78 is 68.2. The average molecular weight is 1170 g/mol. The van der Waals surface area contributed by atoms with Crippen molar-refractivity contribution in [3.63, 3.8) is 0 Å². The summed E-state index contributed by atoms with van der Waals surface area (Å²) in [6, 6.07) is 18.9. The number of piperazine rings is 1. The molecule has 10 heterocycles. The molecule has 0 spiro atoms. The Morgan fingerprint density at radius 2 is 1.79 bits per heavy atom. The molecule has 4 aromatic heterocycles. The molecule has 438 valence electrons. The number of imidazole rings is 1. The summed E-state index contributed by atoms with van der Waals surface area (Å²) in [5.41, 5.74) is 2.81. The first-order chi connectivity index (χ1) is 40.8. The Morgan fingerprint density at radius 3 is 2.63 bits per heavy atom. The number of aromatic amines is 1. The van der Waals surface area contributed by atoms with E-state index in [2.05, 4.69) is 53.3 Å². The number of hydrogen-bond acceptors (Lipinski definition) is 16. The minimum atomic E-state index is -0.679. The van der Waals surface area contributed by atoms with Crippen LogP contribution in [-0.2, 0) is 19.0 Å². The second-order valence-corrected chi connectivity index (χ2v) is 23.5. The molecule has 20 nitrogen and oxygen atoms in total. The fraction of sp³-hybridized carbons (Fsp3) is 0.459. The first-order valence-electron chi connectivity index (χ1n) is 28.9. The van der Waals surface area contributed by atoms with Crippen molar-refractivity contribution < 1.29 is 51.9 Å². The third-order valence-corrected chi connectivity index (χ3v) is 17.8. The van der Waals surface area contributed by atoms with E-state index in [1.54, 1.807) is 36.5 Å². The highest BCUT2D eigenvalue weighted by Crippen LogP contribution is 2.50. The number of likely N-dealkylation sites (N-methyl/N-ethyl adjacent to an activating group) is 2. The Labute approximate surface area is 488 Å². The van der Waals surface area contributed by atoms with E-state index < -0.39 is 36.0 Å². The maximum absolute atomic E-state index is 17.2. The lowest BCUT2D eigenvalue weighted by atomic mass is 9.96. The van der Waals surface area contributed by atoms with Gasteiger partial charge in [-0.05, 0) is 74.5 Å². The van der Waals surface area contributed by atoms with Crippen LogP contribution in [0.4, 0.5) is 19.4 Å². The number of H-pyrrole nitrogens is 1. The van der Waals surface area contributed by atoms with Crippen molar-refractivity contribution >= 4 is 62.3 Å². The quantitative estimate of drug-likeness (QED) is 0.0259. The standard InChI is InChI=1S/C61H64ClF2N11O9/c1-4-39-43(63)19-15-33-10-9-11-40(50(33)39)53-51(64)54-41(26-67-53)58(75(3)28-35-16-20-45-46(29-75)74(35)45)72-59(70-54)82-30-36-24-38(27-73(36)2)83-61(78)66-21-8-6-5-7-12-49(77)65-22-23-79-37-17-13-34(14-18-37)52-42(62)25-44-57(69-52)71-60(68-44)84-48-32-81-55-47(76)31-80-56(48)55/h1,9-11,13-15,17-19,25-26,35-36,38,45-48,55-56,76H,5-8,12,16,20-24,27-32H2,2-3H3,(H2-,65,66,68,69,71,77,78)/p+1/t35?,36-,38+,45?,46?,47+,48+,55+,56+,74?,75?/m0/s1. The molecule has 2 amide bonds. The highest BCUT2D eigenvalue weighted by Gasteiger charge is 2.64. The number of aliphatic hydroxyl groups excluding tert-OH is 1. The summed E-state index contributed by atoms with van der Waals surface area (Å²) in [5, 5.41) is 17.8. The fourth-order valence-corrected chi connectivity index (χ4v) is 13.5. The molecule has 0 saturated carbocycles. The number of halogens is 3. The summed E-state index contributed by atoms with van der Waals surface area (Å²) in [5.74, 6) is 2.42. The number of likely N-dealkylation sites (tertiary alicyclic amines) is 2. The van der Waals surface area contributed by atoms with Gasteiger partial charge < -0.3 is 49.1 Å². The molecule has 6 aliphatic heterocycles. The summed E-state index contributed by atoms with van der Waals surface area (Å²) in [7, 11) is 4.09. The molecule has 84 heavy (non-hydrogen) atoms. The number of pyridine rings is 2. The largest absolute Gasteiger partial charge is 0.492 e. The Bertz CT molecular complexity index is 3710. The van der Waals surface area contributed by atoms with Gasteiger partial charge in [-0.2, -0.15) is 9.97 Å². The number of nitrogens with zero attached hydrogens (tertiary/aromatic N) is 8. The summed E-state index contributed by atoms with van der Waals surface area (Å²) in [4.78, 5) is 56.8. The minimum Gasteiger partial charge on any atom is -0.492 e. The molecular weight excluding hydrogens is 1100 g/mol. The minimum absolute atomic E-state index is 0.00186. The zero-order valence-electron chi connectivity index (χ0n) is 46.6. The number of aliphatic hydroxyl groups is 1. The number of ether oxygens (including phenoxy) is 6. The van der Waals surface area contributed by atoms with Gasteiger partial charge in [0.1, 0.15) is 78.9 Å². The molecule has 7 aromatic rings. The van der Waals surface area contributed by atoms with E-state index in [9.17, 15) is 14.7 Å². The third kappa shape index (κ3) is 11.0. The molecule has 6 aliphatic rings. The number of benzene rings is 3. The number of piperidine rings is 1. The number of aromatic nitrogens is 6. The average Bonchev–Trinajstić information content (AvgIpc) is 2.86. The summed E-state index contributed by atoms with van der Waals surface area (Å²) in [6.07, 6.45) is 11.0. The van der Waals surface area contributed by atoms with Crippen molar-refractivity contribution in [2.24, 2.45) is 0 Å². The van der Waals surface area contributed by atoms with Crippen LogP contribution in [0.25, 0.3) is 55.4 Å². The van der Waals surface area contributed by atoms with Crippen molar-refractivity contribution in [3.8, 4) is 52.6 Å². The Hall–Kier alpha value is -7.36. The predicted molar refractivity (Wildman–Crippen MR) is 309 cm³/mol.